The molecule has 0 aliphatic rings. The minimum atomic E-state index is -0.583. The van der Waals surface area contributed by atoms with Gasteiger partial charge in [0.1, 0.15) is 11.8 Å². The van der Waals surface area contributed by atoms with E-state index in [4.69, 9.17) is 10.5 Å². The molecule has 1 atom stereocenters. The first-order valence-electron chi connectivity index (χ1n) is 4.70. The van der Waals surface area contributed by atoms with Crippen molar-refractivity contribution in [3.63, 3.8) is 0 Å². The molecule has 0 aliphatic carbocycles. The van der Waals surface area contributed by atoms with Gasteiger partial charge in [-0.15, -0.1) is 12.4 Å². The molecule has 84 valence electrons. The zero-order chi connectivity index (χ0) is 10.6. The van der Waals surface area contributed by atoms with Crippen LogP contribution in [0.3, 0.4) is 0 Å². The third-order valence-electron chi connectivity index (χ3n) is 1.94. The monoisotopic (exact) mass is 229 g/mol. The second-order valence-electron chi connectivity index (χ2n) is 3.17. The van der Waals surface area contributed by atoms with Gasteiger partial charge in [0, 0.05) is 0 Å². The average Bonchev–Trinajstić information content (AvgIpc) is 2.18. The van der Waals surface area contributed by atoms with E-state index in [2.05, 4.69) is 0 Å². The molecule has 2 N–H and O–H groups in total. The van der Waals surface area contributed by atoms with Crippen molar-refractivity contribution < 1.29 is 9.53 Å². The van der Waals surface area contributed by atoms with Crippen LogP contribution in [0.15, 0.2) is 24.3 Å². The molecule has 0 saturated carbocycles. The Bertz CT molecular complexity index is 326. The van der Waals surface area contributed by atoms with E-state index in [-0.39, 0.29) is 12.4 Å². The van der Waals surface area contributed by atoms with Crippen LogP contribution in [0.2, 0.25) is 0 Å². The van der Waals surface area contributed by atoms with E-state index >= 15 is 0 Å². The van der Waals surface area contributed by atoms with E-state index in [1.54, 1.807) is 13.0 Å². The van der Waals surface area contributed by atoms with Gasteiger partial charge in [0.25, 0.3) is 0 Å². The van der Waals surface area contributed by atoms with Crippen LogP contribution in [0.4, 0.5) is 0 Å². The Morgan fingerprint density at radius 2 is 2.07 bits per heavy atom. The summed E-state index contributed by atoms with van der Waals surface area (Å²) in [5.74, 6) is 0.211. The van der Waals surface area contributed by atoms with Crippen LogP contribution in [0.5, 0.6) is 5.75 Å². The summed E-state index contributed by atoms with van der Waals surface area (Å²) in [5, 5.41) is 0. The van der Waals surface area contributed by atoms with Gasteiger partial charge < -0.3 is 10.5 Å². The fraction of sp³-hybridized carbons (Fsp3) is 0.364. The topological polar surface area (TPSA) is 52.3 Å². The van der Waals surface area contributed by atoms with Gasteiger partial charge >= 0.3 is 5.97 Å². The van der Waals surface area contributed by atoms with Gasteiger partial charge in [-0.1, -0.05) is 25.1 Å². The Morgan fingerprint density at radius 3 is 2.60 bits per heavy atom. The first-order chi connectivity index (χ1) is 6.65. The average molecular weight is 230 g/mol. The number of aryl methyl sites for hydroxylation is 1. The molecule has 0 saturated heterocycles. The van der Waals surface area contributed by atoms with Crippen molar-refractivity contribution in [3.05, 3.63) is 29.8 Å². The summed E-state index contributed by atoms with van der Waals surface area (Å²) in [6.45, 7) is 3.62. The Balaban J connectivity index is 0.00000196. The van der Waals surface area contributed by atoms with Crippen molar-refractivity contribution in [2.24, 2.45) is 5.73 Å². The maximum Gasteiger partial charge on any atom is 0.328 e. The zero-order valence-electron chi connectivity index (χ0n) is 8.90. The van der Waals surface area contributed by atoms with Gasteiger partial charge in [-0.25, -0.2) is 4.79 Å². The third-order valence-corrected chi connectivity index (χ3v) is 1.94. The van der Waals surface area contributed by atoms with Crippen molar-refractivity contribution in [1.82, 2.24) is 0 Å². The fourth-order valence-corrected chi connectivity index (χ4v) is 1.10. The lowest BCUT2D eigenvalue weighted by molar-refractivity contribution is -0.135. The largest absolute Gasteiger partial charge is 0.425 e. The maximum absolute atomic E-state index is 11.2. The van der Waals surface area contributed by atoms with E-state index in [0.29, 0.717) is 5.75 Å². The number of benzene rings is 1. The minimum Gasteiger partial charge on any atom is -0.425 e. The van der Waals surface area contributed by atoms with Gasteiger partial charge in [-0.2, -0.15) is 0 Å². The number of rotatable bonds is 3. The van der Waals surface area contributed by atoms with Crippen molar-refractivity contribution >= 4 is 18.4 Å². The SMILES string of the molecule is CCc1ccccc1OC(=O)[C@H](C)N.Cl. The molecule has 0 fully saturated rings. The van der Waals surface area contributed by atoms with Crippen molar-refractivity contribution in [3.8, 4) is 5.75 Å². The predicted molar refractivity (Wildman–Crippen MR) is 62.4 cm³/mol. The highest BCUT2D eigenvalue weighted by molar-refractivity contribution is 5.85. The number of para-hydroxylation sites is 1. The molecule has 3 nitrogen and oxygen atoms in total. The Morgan fingerprint density at radius 1 is 1.47 bits per heavy atom. The molecule has 1 aromatic carbocycles. The lowest BCUT2D eigenvalue weighted by Crippen LogP contribution is -2.31. The Labute approximate surface area is 96.0 Å². The normalized spacial score (nSPS) is 11.4. The van der Waals surface area contributed by atoms with Crippen molar-refractivity contribution in [2.45, 2.75) is 26.3 Å². The molecule has 4 heteroatoms. The van der Waals surface area contributed by atoms with Gasteiger partial charge in [0.15, 0.2) is 0 Å². The van der Waals surface area contributed by atoms with Gasteiger partial charge in [-0.3, -0.25) is 0 Å². The zero-order valence-corrected chi connectivity index (χ0v) is 9.71. The van der Waals surface area contributed by atoms with Gasteiger partial charge in [0.2, 0.25) is 0 Å². The summed E-state index contributed by atoms with van der Waals surface area (Å²) in [7, 11) is 0. The summed E-state index contributed by atoms with van der Waals surface area (Å²) in [6, 6.07) is 6.88. The first-order valence-corrected chi connectivity index (χ1v) is 4.70. The lowest BCUT2D eigenvalue weighted by atomic mass is 10.1. The van der Waals surface area contributed by atoms with Gasteiger partial charge in [0.05, 0.1) is 0 Å². The van der Waals surface area contributed by atoms with E-state index < -0.39 is 12.0 Å². The quantitative estimate of drug-likeness (QED) is 0.637. The third kappa shape index (κ3) is 3.90. The highest BCUT2D eigenvalue weighted by atomic mass is 35.5. The maximum atomic E-state index is 11.2. The van der Waals surface area contributed by atoms with E-state index in [1.165, 1.54) is 0 Å². The second-order valence-corrected chi connectivity index (χ2v) is 3.17. The van der Waals surface area contributed by atoms with Crippen LogP contribution in [0.25, 0.3) is 0 Å². The van der Waals surface area contributed by atoms with Crippen LogP contribution in [0, 0.1) is 0 Å². The fourth-order valence-electron chi connectivity index (χ4n) is 1.10. The molecule has 0 radical (unpaired) electrons. The standard InChI is InChI=1S/C11H15NO2.ClH/c1-3-9-6-4-5-7-10(9)14-11(13)8(2)12;/h4-8H,3,12H2,1-2H3;1H/t8-;/m0./s1. The molecule has 0 unspecified atom stereocenters. The molecule has 0 aliphatic heterocycles. The van der Waals surface area contributed by atoms with Gasteiger partial charge in [-0.05, 0) is 25.0 Å². The van der Waals surface area contributed by atoms with Crippen LogP contribution < -0.4 is 10.5 Å². The van der Waals surface area contributed by atoms with E-state index in [9.17, 15) is 4.79 Å². The van der Waals surface area contributed by atoms with Crippen molar-refractivity contribution in [2.75, 3.05) is 0 Å². The van der Waals surface area contributed by atoms with E-state index in [0.717, 1.165) is 12.0 Å². The Hall–Kier alpha value is -1.06. The number of hydrogen-bond donors (Lipinski definition) is 1. The first kappa shape index (κ1) is 13.9. The predicted octanol–water partition coefficient (Wildman–Crippen LogP) is 1.92. The molecule has 1 rings (SSSR count). The van der Waals surface area contributed by atoms with Crippen LogP contribution >= 0.6 is 12.4 Å². The summed E-state index contributed by atoms with van der Waals surface area (Å²) in [6.07, 6.45) is 0.836. The molecular weight excluding hydrogens is 214 g/mol. The Kier molecular flexibility index (Phi) is 5.97. The molecule has 0 amide bonds. The van der Waals surface area contributed by atoms with Crippen LogP contribution in [-0.2, 0) is 11.2 Å². The number of halogens is 1. The number of esters is 1. The number of hydrogen-bond acceptors (Lipinski definition) is 3. The number of carbonyl (C=O) groups excluding carboxylic acids is 1. The summed E-state index contributed by atoms with van der Waals surface area (Å²) < 4.78 is 5.13. The molecular formula is C11H16ClNO2. The smallest absolute Gasteiger partial charge is 0.328 e. The molecule has 0 bridgehead atoms. The summed E-state index contributed by atoms with van der Waals surface area (Å²) in [4.78, 5) is 11.2. The molecule has 0 spiro atoms. The molecule has 0 aromatic heterocycles. The molecule has 0 heterocycles. The summed E-state index contributed by atoms with van der Waals surface area (Å²) >= 11 is 0. The lowest BCUT2D eigenvalue weighted by Gasteiger charge is -2.09. The highest BCUT2D eigenvalue weighted by Crippen LogP contribution is 2.18. The van der Waals surface area contributed by atoms with Crippen LogP contribution in [0.1, 0.15) is 19.4 Å². The number of ether oxygens (including phenoxy) is 1. The number of carbonyl (C=O) groups is 1. The van der Waals surface area contributed by atoms with Crippen molar-refractivity contribution in [1.29, 1.82) is 0 Å². The number of nitrogens with two attached hydrogens (primary N) is 1. The minimum absolute atomic E-state index is 0. The highest BCUT2D eigenvalue weighted by Gasteiger charge is 2.11. The molecule has 15 heavy (non-hydrogen) atoms. The van der Waals surface area contributed by atoms with Crippen LogP contribution in [-0.4, -0.2) is 12.0 Å². The second kappa shape index (κ2) is 6.43. The summed E-state index contributed by atoms with van der Waals surface area (Å²) in [5.41, 5.74) is 6.42. The van der Waals surface area contributed by atoms with E-state index in [1.807, 2.05) is 25.1 Å². The molecule has 1 aromatic rings.